The largest absolute Gasteiger partial charge is 0.495 e. The van der Waals surface area contributed by atoms with Crippen LogP contribution in [0.25, 0.3) is 0 Å². The third-order valence-corrected chi connectivity index (χ3v) is 5.10. The molecule has 2 amide bonds. The molecule has 2 heterocycles. The molecule has 1 aromatic carbocycles. The summed E-state index contributed by atoms with van der Waals surface area (Å²) in [5.41, 5.74) is 2.07. The first-order valence-corrected chi connectivity index (χ1v) is 9.94. The van der Waals surface area contributed by atoms with Gasteiger partial charge in [0.25, 0.3) is 0 Å². The Kier molecular flexibility index (Phi) is 6.44. The van der Waals surface area contributed by atoms with Crippen molar-refractivity contribution >= 4 is 17.5 Å². The highest BCUT2D eigenvalue weighted by atomic mass is 16.5. The fourth-order valence-electron chi connectivity index (χ4n) is 3.53. The first-order valence-electron chi connectivity index (χ1n) is 9.94. The SMILES string of the molecule is COc1ccccc1N1CC[C@@H](NC(=O)Nc2cc(CCC(C)C)nn2C)C1. The molecular weight excluding hydrogens is 354 g/mol. The van der Waals surface area contributed by atoms with Crippen molar-refractivity contribution in [2.45, 2.75) is 39.2 Å². The van der Waals surface area contributed by atoms with E-state index in [1.807, 2.05) is 31.3 Å². The van der Waals surface area contributed by atoms with Gasteiger partial charge in [0.2, 0.25) is 0 Å². The van der Waals surface area contributed by atoms with E-state index in [-0.39, 0.29) is 12.1 Å². The monoisotopic (exact) mass is 385 g/mol. The summed E-state index contributed by atoms with van der Waals surface area (Å²) in [6, 6.07) is 9.84. The Hall–Kier alpha value is -2.70. The standard InChI is InChI=1S/C21H31N5O2/c1-15(2)9-10-16-13-20(25(3)24-16)23-21(27)22-17-11-12-26(14-17)18-7-5-6-8-19(18)28-4/h5-8,13,15,17H,9-12,14H2,1-4H3,(H2,22,23,27)/t17-/m1/s1. The summed E-state index contributed by atoms with van der Waals surface area (Å²) in [6.07, 6.45) is 2.91. The van der Waals surface area contributed by atoms with Gasteiger partial charge in [-0.05, 0) is 37.3 Å². The van der Waals surface area contributed by atoms with Crippen molar-refractivity contribution in [3.63, 3.8) is 0 Å². The molecule has 1 atom stereocenters. The van der Waals surface area contributed by atoms with Crippen LogP contribution in [-0.4, -0.2) is 42.1 Å². The molecular formula is C21H31N5O2. The normalized spacial score (nSPS) is 16.5. The Morgan fingerprint density at radius 1 is 1.36 bits per heavy atom. The van der Waals surface area contributed by atoms with E-state index in [1.54, 1.807) is 11.8 Å². The van der Waals surface area contributed by atoms with Gasteiger partial charge < -0.3 is 15.0 Å². The summed E-state index contributed by atoms with van der Waals surface area (Å²) in [4.78, 5) is 14.7. The van der Waals surface area contributed by atoms with Gasteiger partial charge in [-0.2, -0.15) is 5.10 Å². The summed E-state index contributed by atoms with van der Waals surface area (Å²) in [5, 5.41) is 10.5. The molecule has 0 spiro atoms. The summed E-state index contributed by atoms with van der Waals surface area (Å²) < 4.78 is 7.18. The number of anilines is 2. The van der Waals surface area contributed by atoms with Crippen LogP contribution in [0.15, 0.2) is 30.3 Å². The van der Waals surface area contributed by atoms with Crippen molar-refractivity contribution in [1.82, 2.24) is 15.1 Å². The molecule has 2 N–H and O–H groups in total. The van der Waals surface area contributed by atoms with Crippen molar-refractivity contribution < 1.29 is 9.53 Å². The second-order valence-electron chi connectivity index (χ2n) is 7.78. The first kappa shape index (κ1) is 20.0. The molecule has 7 nitrogen and oxygen atoms in total. The van der Waals surface area contributed by atoms with Gasteiger partial charge in [0, 0.05) is 32.2 Å². The maximum absolute atomic E-state index is 12.5. The van der Waals surface area contributed by atoms with Crippen molar-refractivity contribution in [1.29, 1.82) is 0 Å². The molecule has 0 unspecified atom stereocenters. The predicted molar refractivity (Wildman–Crippen MR) is 112 cm³/mol. The lowest BCUT2D eigenvalue weighted by Gasteiger charge is -2.21. The maximum Gasteiger partial charge on any atom is 0.320 e. The highest BCUT2D eigenvalue weighted by Gasteiger charge is 2.26. The Morgan fingerprint density at radius 2 is 2.14 bits per heavy atom. The second-order valence-corrected chi connectivity index (χ2v) is 7.78. The molecule has 1 aromatic heterocycles. The van der Waals surface area contributed by atoms with Gasteiger partial charge in [0.1, 0.15) is 11.6 Å². The quantitative estimate of drug-likeness (QED) is 0.766. The topological polar surface area (TPSA) is 71.4 Å². The van der Waals surface area contributed by atoms with Crippen molar-refractivity contribution in [2.24, 2.45) is 13.0 Å². The predicted octanol–water partition coefficient (Wildman–Crippen LogP) is 3.42. The van der Waals surface area contributed by atoms with E-state index >= 15 is 0 Å². The molecule has 7 heteroatoms. The lowest BCUT2D eigenvalue weighted by Crippen LogP contribution is -2.40. The van der Waals surface area contributed by atoms with Crippen LogP contribution in [0.3, 0.4) is 0 Å². The van der Waals surface area contributed by atoms with Gasteiger partial charge in [-0.1, -0.05) is 26.0 Å². The summed E-state index contributed by atoms with van der Waals surface area (Å²) in [7, 11) is 3.54. The molecule has 0 bridgehead atoms. The van der Waals surface area contributed by atoms with Gasteiger partial charge >= 0.3 is 6.03 Å². The van der Waals surface area contributed by atoms with Crippen LogP contribution in [0.5, 0.6) is 5.75 Å². The van der Waals surface area contributed by atoms with Gasteiger partial charge in [-0.15, -0.1) is 0 Å². The van der Waals surface area contributed by atoms with E-state index in [4.69, 9.17) is 4.74 Å². The minimum atomic E-state index is -0.190. The summed E-state index contributed by atoms with van der Waals surface area (Å²) in [6.45, 7) is 6.05. The third-order valence-electron chi connectivity index (χ3n) is 5.10. The Bertz CT molecular complexity index is 802. The zero-order valence-electron chi connectivity index (χ0n) is 17.2. The highest BCUT2D eigenvalue weighted by Crippen LogP contribution is 2.30. The van der Waals surface area contributed by atoms with Gasteiger partial charge in [0.05, 0.1) is 18.5 Å². The Labute approximate surface area is 167 Å². The molecule has 1 aliphatic rings. The molecule has 1 aliphatic heterocycles. The molecule has 0 saturated carbocycles. The fraction of sp³-hybridized carbons (Fsp3) is 0.524. The Balaban J connectivity index is 1.53. The number of para-hydroxylation sites is 2. The number of hydrogen-bond acceptors (Lipinski definition) is 4. The lowest BCUT2D eigenvalue weighted by molar-refractivity contribution is 0.249. The van der Waals surface area contributed by atoms with Gasteiger partial charge in [-0.3, -0.25) is 10.00 Å². The zero-order valence-corrected chi connectivity index (χ0v) is 17.2. The van der Waals surface area contributed by atoms with Crippen LogP contribution < -0.4 is 20.3 Å². The van der Waals surface area contributed by atoms with E-state index in [1.165, 1.54) is 0 Å². The number of amides is 2. The maximum atomic E-state index is 12.5. The van der Waals surface area contributed by atoms with Crippen LogP contribution in [0.2, 0.25) is 0 Å². The average molecular weight is 386 g/mol. The minimum Gasteiger partial charge on any atom is -0.495 e. The van der Waals surface area contributed by atoms with Crippen molar-refractivity contribution in [2.75, 3.05) is 30.4 Å². The van der Waals surface area contributed by atoms with Crippen LogP contribution in [0.1, 0.15) is 32.4 Å². The Morgan fingerprint density at radius 3 is 2.89 bits per heavy atom. The van der Waals surface area contributed by atoms with E-state index in [0.717, 1.165) is 55.3 Å². The van der Waals surface area contributed by atoms with Gasteiger partial charge in [0.15, 0.2) is 0 Å². The second kappa shape index (κ2) is 8.99. The number of aromatic nitrogens is 2. The van der Waals surface area contributed by atoms with Crippen LogP contribution in [0, 0.1) is 5.92 Å². The number of aryl methyl sites for hydroxylation is 2. The number of carbonyl (C=O) groups excluding carboxylic acids is 1. The number of ether oxygens (including phenoxy) is 1. The number of rotatable bonds is 7. The van der Waals surface area contributed by atoms with E-state index in [2.05, 4.69) is 40.5 Å². The number of carbonyl (C=O) groups is 1. The summed E-state index contributed by atoms with van der Waals surface area (Å²) in [5.74, 6) is 2.21. The van der Waals surface area contributed by atoms with Crippen LogP contribution >= 0.6 is 0 Å². The van der Waals surface area contributed by atoms with E-state index < -0.39 is 0 Å². The van der Waals surface area contributed by atoms with Crippen LogP contribution in [-0.2, 0) is 13.5 Å². The molecule has 0 radical (unpaired) electrons. The molecule has 0 aliphatic carbocycles. The fourth-order valence-corrected chi connectivity index (χ4v) is 3.53. The lowest BCUT2D eigenvalue weighted by atomic mass is 10.1. The van der Waals surface area contributed by atoms with Crippen molar-refractivity contribution in [3.8, 4) is 5.75 Å². The zero-order chi connectivity index (χ0) is 20.1. The number of benzene rings is 1. The molecule has 1 fully saturated rings. The molecule has 1 saturated heterocycles. The molecule has 28 heavy (non-hydrogen) atoms. The minimum absolute atomic E-state index is 0.0959. The third kappa shape index (κ3) is 4.97. The summed E-state index contributed by atoms with van der Waals surface area (Å²) >= 11 is 0. The average Bonchev–Trinajstić information content (AvgIpc) is 3.26. The number of urea groups is 1. The van der Waals surface area contributed by atoms with E-state index in [9.17, 15) is 4.79 Å². The van der Waals surface area contributed by atoms with E-state index in [0.29, 0.717) is 5.92 Å². The molecule has 2 aromatic rings. The first-order chi connectivity index (χ1) is 13.5. The van der Waals surface area contributed by atoms with Crippen molar-refractivity contribution in [3.05, 3.63) is 36.0 Å². The molecule has 3 rings (SSSR count). The number of nitrogens with zero attached hydrogens (tertiary/aromatic N) is 3. The van der Waals surface area contributed by atoms with Crippen LogP contribution in [0.4, 0.5) is 16.3 Å². The number of hydrogen-bond donors (Lipinski definition) is 2. The number of nitrogens with one attached hydrogen (secondary N) is 2. The molecule has 152 valence electrons. The highest BCUT2D eigenvalue weighted by molar-refractivity contribution is 5.88. The van der Waals surface area contributed by atoms with Gasteiger partial charge in [-0.25, -0.2) is 4.79 Å². The smallest absolute Gasteiger partial charge is 0.320 e. The number of methoxy groups -OCH3 is 1.